The van der Waals surface area contributed by atoms with Crippen LogP contribution in [0.15, 0.2) is 22.8 Å². The standard InChI is InChI=1S/C13H18BrN3O/c14-9-5-4-8-16-12(9)13(18)17-11-7-3-1-2-6-10(11)15/h4-5,8,10-11H,1-3,6-7,15H2,(H,17,18). The number of nitrogens with two attached hydrogens (primary N) is 1. The van der Waals surface area contributed by atoms with Gasteiger partial charge >= 0.3 is 0 Å². The fourth-order valence-electron chi connectivity index (χ4n) is 2.31. The molecule has 98 valence electrons. The van der Waals surface area contributed by atoms with Crippen LogP contribution in [0.2, 0.25) is 0 Å². The third-order valence-electron chi connectivity index (χ3n) is 3.36. The van der Waals surface area contributed by atoms with Crippen molar-refractivity contribution >= 4 is 21.8 Å². The molecule has 0 radical (unpaired) electrons. The maximum Gasteiger partial charge on any atom is 0.271 e. The lowest BCUT2D eigenvalue weighted by atomic mass is 10.0. The zero-order valence-corrected chi connectivity index (χ0v) is 11.8. The maximum absolute atomic E-state index is 12.1. The molecule has 1 saturated carbocycles. The molecule has 1 aromatic rings. The summed E-state index contributed by atoms with van der Waals surface area (Å²) in [4.78, 5) is 16.2. The van der Waals surface area contributed by atoms with E-state index in [1.165, 1.54) is 6.42 Å². The zero-order chi connectivity index (χ0) is 13.0. The highest BCUT2D eigenvalue weighted by atomic mass is 79.9. The molecule has 2 unspecified atom stereocenters. The van der Waals surface area contributed by atoms with Crippen LogP contribution < -0.4 is 11.1 Å². The molecule has 1 amide bonds. The summed E-state index contributed by atoms with van der Waals surface area (Å²) in [5.74, 6) is -0.148. The summed E-state index contributed by atoms with van der Waals surface area (Å²) in [6.45, 7) is 0. The summed E-state index contributed by atoms with van der Waals surface area (Å²) in [6, 6.07) is 3.72. The number of halogens is 1. The van der Waals surface area contributed by atoms with Gasteiger partial charge in [0, 0.05) is 22.8 Å². The molecule has 1 aliphatic rings. The van der Waals surface area contributed by atoms with E-state index in [0.717, 1.165) is 25.7 Å². The Balaban J connectivity index is 2.04. The van der Waals surface area contributed by atoms with Crippen LogP contribution in [0.5, 0.6) is 0 Å². The van der Waals surface area contributed by atoms with Gasteiger partial charge in [0.25, 0.3) is 5.91 Å². The predicted octanol–water partition coefficient (Wildman–Crippen LogP) is 2.23. The molecule has 0 aliphatic heterocycles. The van der Waals surface area contributed by atoms with Gasteiger partial charge in [0.1, 0.15) is 5.69 Å². The molecule has 1 heterocycles. The van der Waals surface area contributed by atoms with Crippen LogP contribution in [-0.4, -0.2) is 23.0 Å². The molecule has 0 spiro atoms. The highest BCUT2D eigenvalue weighted by Crippen LogP contribution is 2.18. The lowest BCUT2D eigenvalue weighted by Crippen LogP contribution is -2.47. The summed E-state index contributed by atoms with van der Waals surface area (Å²) < 4.78 is 0.713. The van der Waals surface area contributed by atoms with Crippen LogP contribution in [0, 0.1) is 0 Å². The van der Waals surface area contributed by atoms with E-state index in [-0.39, 0.29) is 18.0 Å². The van der Waals surface area contributed by atoms with E-state index >= 15 is 0 Å². The number of carbonyl (C=O) groups is 1. The van der Waals surface area contributed by atoms with Crippen LogP contribution in [0.3, 0.4) is 0 Å². The number of hydrogen-bond acceptors (Lipinski definition) is 3. The molecule has 18 heavy (non-hydrogen) atoms. The largest absolute Gasteiger partial charge is 0.346 e. The van der Waals surface area contributed by atoms with E-state index < -0.39 is 0 Å². The fraction of sp³-hybridized carbons (Fsp3) is 0.538. The Morgan fingerprint density at radius 2 is 2.17 bits per heavy atom. The molecule has 0 aromatic carbocycles. The van der Waals surface area contributed by atoms with Gasteiger partial charge in [-0.25, -0.2) is 4.98 Å². The quantitative estimate of drug-likeness (QED) is 0.823. The minimum atomic E-state index is -0.148. The molecule has 2 atom stereocenters. The molecule has 3 N–H and O–H groups in total. The average molecular weight is 312 g/mol. The highest BCUT2D eigenvalue weighted by molar-refractivity contribution is 9.10. The Morgan fingerprint density at radius 1 is 1.39 bits per heavy atom. The van der Waals surface area contributed by atoms with Gasteiger partial charge in [-0.1, -0.05) is 19.3 Å². The van der Waals surface area contributed by atoms with Gasteiger partial charge in [-0.2, -0.15) is 0 Å². The SMILES string of the molecule is NC1CCCCCC1NC(=O)c1ncccc1Br. The first-order valence-corrected chi connectivity index (χ1v) is 7.15. The lowest BCUT2D eigenvalue weighted by molar-refractivity contribution is 0.0923. The Hall–Kier alpha value is -0.940. The topological polar surface area (TPSA) is 68.0 Å². The molecule has 5 heteroatoms. The maximum atomic E-state index is 12.1. The number of pyridine rings is 1. The summed E-state index contributed by atoms with van der Waals surface area (Å²) >= 11 is 3.34. The van der Waals surface area contributed by atoms with Gasteiger partial charge in [0.2, 0.25) is 0 Å². The van der Waals surface area contributed by atoms with Crippen LogP contribution >= 0.6 is 15.9 Å². The summed E-state index contributed by atoms with van der Waals surface area (Å²) in [5, 5.41) is 3.01. The van der Waals surface area contributed by atoms with Crippen molar-refractivity contribution in [1.82, 2.24) is 10.3 Å². The van der Waals surface area contributed by atoms with Gasteiger partial charge in [0.05, 0.1) is 0 Å². The van der Waals surface area contributed by atoms with E-state index in [4.69, 9.17) is 5.73 Å². The molecule has 1 fully saturated rings. The third kappa shape index (κ3) is 3.29. The number of nitrogens with zero attached hydrogens (tertiary/aromatic N) is 1. The van der Waals surface area contributed by atoms with E-state index in [1.54, 1.807) is 12.3 Å². The minimum Gasteiger partial charge on any atom is -0.346 e. The average Bonchev–Trinajstić information content (AvgIpc) is 2.55. The number of nitrogens with one attached hydrogen (secondary N) is 1. The highest BCUT2D eigenvalue weighted by Gasteiger charge is 2.23. The second-order valence-corrected chi connectivity index (χ2v) is 5.57. The number of rotatable bonds is 2. The molecule has 4 nitrogen and oxygen atoms in total. The van der Waals surface area contributed by atoms with Gasteiger partial charge in [-0.3, -0.25) is 4.79 Å². The first kappa shape index (κ1) is 13.5. The van der Waals surface area contributed by atoms with Crippen molar-refractivity contribution in [3.05, 3.63) is 28.5 Å². The van der Waals surface area contributed by atoms with Gasteiger partial charge in [0.15, 0.2) is 0 Å². The van der Waals surface area contributed by atoms with Crippen molar-refractivity contribution in [3.8, 4) is 0 Å². The van der Waals surface area contributed by atoms with Gasteiger partial charge in [-0.15, -0.1) is 0 Å². The number of carbonyl (C=O) groups excluding carboxylic acids is 1. The molecular formula is C13H18BrN3O. The van der Waals surface area contributed by atoms with E-state index in [1.807, 2.05) is 6.07 Å². The van der Waals surface area contributed by atoms with Crippen molar-refractivity contribution in [2.45, 2.75) is 44.2 Å². The third-order valence-corrected chi connectivity index (χ3v) is 4.00. The normalized spacial score (nSPS) is 24.3. The van der Waals surface area contributed by atoms with Crippen LogP contribution in [0.4, 0.5) is 0 Å². The molecular weight excluding hydrogens is 294 g/mol. The Morgan fingerprint density at radius 3 is 2.94 bits per heavy atom. The summed E-state index contributed by atoms with van der Waals surface area (Å²) in [7, 11) is 0. The fourth-order valence-corrected chi connectivity index (χ4v) is 2.74. The van der Waals surface area contributed by atoms with Gasteiger partial charge in [-0.05, 0) is 40.9 Å². The second kappa shape index (κ2) is 6.29. The van der Waals surface area contributed by atoms with E-state index in [2.05, 4.69) is 26.2 Å². The molecule has 1 aromatic heterocycles. The Kier molecular flexibility index (Phi) is 4.72. The second-order valence-electron chi connectivity index (χ2n) is 4.72. The summed E-state index contributed by atoms with van der Waals surface area (Å²) in [5.41, 5.74) is 6.52. The van der Waals surface area contributed by atoms with Crippen LogP contribution in [-0.2, 0) is 0 Å². The number of amides is 1. The zero-order valence-electron chi connectivity index (χ0n) is 10.2. The van der Waals surface area contributed by atoms with Crippen molar-refractivity contribution < 1.29 is 4.79 Å². The minimum absolute atomic E-state index is 0.0546. The number of hydrogen-bond donors (Lipinski definition) is 2. The van der Waals surface area contributed by atoms with Crippen molar-refractivity contribution in [3.63, 3.8) is 0 Å². The molecule has 1 aliphatic carbocycles. The van der Waals surface area contributed by atoms with Crippen molar-refractivity contribution in [1.29, 1.82) is 0 Å². The van der Waals surface area contributed by atoms with Crippen LogP contribution in [0.25, 0.3) is 0 Å². The molecule has 2 rings (SSSR count). The van der Waals surface area contributed by atoms with Gasteiger partial charge < -0.3 is 11.1 Å². The molecule has 0 bridgehead atoms. The number of aromatic nitrogens is 1. The monoisotopic (exact) mass is 311 g/mol. The lowest BCUT2D eigenvalue weighted by Gasteiger charge is -2.22. The van der Waals surface area contributed by atoms with Crippen LogP contribution in [0.1, 0.15) is 42.6 Å². The first-order chi connectivity index (χ1) is 8.68. The van der Waals surface area contributed by atoms with Crippen molar-refractivity contribution in [2.75, 3.05) is 0 Å². The van der Waals surface area contributed by atoms with Crippen molar-refractivity contribution in [2.24, 2.45) is 5.73 Å². The first-order valence-electron chi connectivity index (χ1n) is 6.35. The predicted molar refractivity (Wildman–Crippen MR) is 74.3 cm³/mol. The van der Waals surface area contributed by atoms with E-state index in [9.17, 15) is 4.79 Å². The smallest absolute Gasteiger partial charge is 0.271 e. The molecule has 0 saturated heterocycles. The summed E-state index contributed by atoms with van der Waals surface area (Å²) in [6.07, 6.45) is 7.04. The Bertz CT molecular complexity index is 424. The Labute approximate surface area is 115 Å². The van der Waals surface area contributed by atoms with E-state index in [0.29, 0.717) is 10.2 Å².